The molecule has 0 bridgehead atoms. The van der Waals surface area contributed by atoms with Gasteiger partial charge in [-0.25, -0.2) is 0 Å². The molecule has 0 aromatic carbocycles. The fourth-order valence-electron chi connectivity index (χ4n) is 4.80. The molecule has 6 heteroatoms. The number of Topliss-reactive ketones (excluding diaryl/α,β-unsaturated/α-hetero) is 1. The van der Waals surface area contributed by atoms with Crippen LogP contribution in [0, 0.1) is 19.3 Å². The summed E-state index contributed by atoms with van der Waals surface area (Å²) in [5, 5.41) is 2.07. The van der Waals surface area contributed by atoms with E-state index in [0.717, 1.165) is 50.0 Å². The van der Waals surface area contributed by atoms with Gasteiger partial charge in [-0.2, -0.15) is 0 Å². The number of aromatic nitrogens is 1. The van der Waals surface area contributed by atoms with E-state index in [1.807, 2.05) is 26.0 Å². The molecule has 1 aliphatic carbocycles. The average Bonchev–Trinajstić information content (AvgIpc) is 3.42. The van der Waals surface area contributed by atoms with Crippen LogP contribution in [0.4, 0.5) is 0 Å². The first-order valence-electron chi connectivity index (χ1n) is 9.98. The van der Waals surface area contributed by atoms with Gasteiger partial charge in [-0.05, 0) is 50.6 Å². The highest BCUT2D eigenvalue weighted by molar-refractivity contribution is 7.09. The number of hydrogen-bond acceptors (Lipinski definition) is 4. The van der Waals surface area contributed by atoms with Gasteiger partial charge in [0.2, 0.25) is 11.8 Å². The molecule has 0 atom stereocenters. The number of imide groups is 1. The molecule has 1 aliphatic heterocycles. The van der Waals surface area contributed by atoms with Crippen LogP contribution in [-0.2, 0) is 22.6 Å². The quantitative estimate of drug-likeness (QED) is 0.547. The largest absolute Gasteiger partial charge is 0.348 e. The van der Waals surface area contributed by atoms with Crippen molar-refractivity contribution >= 4 is 28.9 Å². The third-order valence-corrected chi connectivity index (χ3v) is 7.32. The van der Waals surface area contributed by atoms with Crippen LogP contribution in [0.2, 0.25) is 0 Å². The summed E-state index contributed by atoms with van der Waals surface area (Å²) in [5.41, 5.74) is 2.05. The van der Waals surface area contributed by atoms with E-state index in [4.69, 9.17) is 0 Å². The summed E-state index contributed by atoms with van der Waals surface area (Å²) in [6, 6.07) is 6.06. The van der Waals surface area contributed by atoms with Crippen molar-refractivity contribution in [3.05, 3.63) is 45.4 Å². The predicted octanol–water partition coefficient (Wildman–Crippen LogP) is 3.91. The summed E-state index contributed by atoms with van der Waals surface area (Å²) < 4.78 is 2.15. The SMILES string of the molecule is Cc1cc(C(=O)CN2C(=O)CC3(CCCC3)C2=O)c(C)n1CCc1cccs1. The molecule has 5 nitrogen and oxygen atoms in total. The summed E-state index contributed by atoms with van der Waals surface area (Å²) in [4.78, 5) is 40.8. The van der Waals surface area contributed by atoms with Gasteiger partial charge in [0.25, 0.3) is 0 Å². The third kappa shape index (κ3) is 3.24. The molecule has 2 aromatic heterocycles. The van der Waals surface area contributed by atoms with Crippen molar-refractivity contribution in [2.24, 2.45) is 5.41 Å². The van der Waals surface area contributed by atoms with Crippen LogP contribution >= 0.6 is 11.3 Å². The van der Waals surface area contributed by atoms with Crippen molar-refractivity contribution in [1.29, 1.82) is 0 Å². The van der Waals surface area contributed by atoms with Crippen LogP contribution in [0.1, 0.15) is 58.7 Å². The minimum absolute atomic E-state index is 0.130. The fraction of sp³-hybridized carbons (Fsp3) is 0.500. The van der Waals surface area contributed by atoms with Crippen LogP contribution in [0.5, 0.6) is 0 Å². The van der Waals surface area contributed by atoms with Crippen molar-refractivity contribution in [3.63, 3.8) is 0 Å². The van der Waals surface area contributed by atoms with Gasteiger partial charge in [0.05, 0.1) is 12.0 Å². The highest BCUT2D eigenvalue weighted by Crippen LogP contribution is 2.46. The Bertz CT molecular complexity index is 920. The first kappa shape index (κ1) is 19.1. The van der Waals surface area contributed by atoms with Gasteiger partial charge in [-0.3, -0.25) is 19.3 Å². The van der Waals surface area contributed by atoms with Crippen LogP contribution in [-0.4, -0.2) is 33.6 Å². The molecule has 0 radical (unpaired) electrons. The Hall–Kier alpha value is -2.21. The molecule has 148 valence electrons. The third-order valence-electron chi connectivity index (χ3n) is 6.39. The van der Waals surface area contributed by atoms with E-state index in [1.165, 1.54) is 9.78 Å². The number of ketones is 1. The molecule has 1 spiro atoms. The Morgan fingerprint density at radius 3 is 2.64 bits per heavy atom. The maximum absolute atomic E-state index is 13.0. The lowest BCUT2D eigenvalue weighted by Crippen LogP contribution is -2.38. The molecule has 28 heavy (non-hydrogen) atoms. The van der Waals surface area contributed by atoms with Gasteiger partial charge in [0.15, 0.2) is 5.78 Å². The average molecular weight is 399 g/mol. The van der Waals surface area contributed by atoms with E-state index >= 15 is 0 Å². The van der Waals surface area contributed by atoms with Gasteiger partial charge >= 0.3 is 0 Å². The monoisotopic (exact) mass is 398 g/mol. The van der Waals surface area contributed by atoms with E-state index in [9.17, 15) is 14.4 Å². The van der Waals surface area contributed by atoms with Crippen molar-refractivity contribution in [2.45, 2.75) is 58.9 Å². The molecule has 4 rings (SSSR count). The highest BCUT2D eigenvalue weighted by Gasteiger charge is 2.52. The van der Waals surface area contributed by atoms with Crippen molar-refractivity contribution in [1.82, 2.24) is 9.47 Å². The van der Waals surface area contributed by atoms with E-state index in [-0.39, 0.29) is 30.6 Å². The van der Waals surface area contributed by atoms with Crippen LogP contribution in [0.15, 0.2) is 23.6 Å². The molecule has 2 aromatic rings. The smallest absolute Gasteiger partial charge is 0.236 e. The Morgan fingerprint density at radius 2 is 1.96 bits per heavy atom. The summed E-state index contributed by atoms with van der Waals surface area (Å²) >= 11 is 1.74. The topological polar surface area (TPSA) is 59.4 Å². The summed E-state index contributed by atoms with van der Waals surface area (Å²) in [6.07, 6.45) is 4.74. The zero-order valence-corrected chi connectivity index (χ0v) is 17.3. The van der Waals surface area contributed by atoms with Crippen molar-refractivity contribution < 1.29 is 14.4 Å². The van der Waals surface area contributed by atoms with Gasteiger partial charge < -0.3 is 4.57 Å². The number of nitrogens with zero attached hydrogens (tertiary/aromatic N) is 2. The number of hydrogen-bond donors (Lipinski definition) is 0. The minimum atomic E-state index is -0.519. The second-order valence-corrected chi connectivity index (χ2v) is 9.17. The standard InChI is InChI=1S/C22H26N2O3S/c1-15-12-18(16(2)23(15)10-7-17-6-5-11-28-17)19(25)14-24-20(26)13-22(21(24)27)8-3-4-9-22/h5-6,11-12H,3-4,7-10,13-14H2,1-2H3. The number of carbonyl (C=O) groups is 3. The Kier molecular flexibility index (Phi) is 5.00. The fourth-order valence-corrected chi connectivity index (χ4v) is 5.49. The number of carbonyl (C=O) groups excluding carboxylic acids is 3. The zero-order chi connectivity index (χ0) is 19.9. The lowest BCUT2D eigenvalue weighted by atomic mass is 9.84. The Balaban J connectivity index is 1.48. The second-order valence-electron chi connectivity index (χ2n) is 8.14. The molecular formula is C22H26N2O3S. The van der Waals surface area contributed by atoms with Crippen LogP contribution < -0.4 is 0 Å². The minimum Gasteiger partial charge on any atom is -0.348 e. The maximum atomic E-state index is 13.0. The molecule has 0 unspecified atom stereocenters. The maximum Gasteiger partial charge on any atom is 0.236 e. The lowest BCUT2D eigenvalue weighted by molar-refractivity contribution is -0.140. The molecule has 2 aliphatic rings. The number of thiophene rings is 1. The molecule has 1 saturated heterocycles. The summed E-state index contributed by atoms with van der Waals surface area (Å²) in [7, 11) is 0. The first-order valence-corrected chi connectivity index (χ1v) is 10.9. The normalized spacial score (nSPS) is 18.6. The number of likely N-dealkylation sites (tertiary alicyclic amines) is 1. The number of amides is 2. The Labute approximate surface area is 169 Å². The van der Waals surface area contributed by atoms with E-state index in [1.54, 1.807) is 11.3 Å². The number of rotatable bonds is 6. The van der Waals surface area contributed by atoms with E-state index in [2.05, 4.69) is 16.0 Å². The molecule has 2 fully saturated rings. The predicted molar refractivity (Wildman–Crippen MR) is 108 cm³/mol. The molecule has 2 amide bonds. The Morgan fingerprint density at radius 1 is 1.21 bits per heavy atom. The second kappa shape index (κ2) is 7.32. The van der Waals surface area contributed by atoms with Gasteiger partial charge in [-0.15, -0.1) is 11.3 Å². The van der Waals surface area contributed by atoms with Crippen LogP contribution in [0.25, 0.3) is 0 Å². The van der Waals surface area contributed by atoms with Crippen LogP contribution in [0.3, 0.4) is 0 Å². The van der Waals surface area contributed by atoms with E-state index < -0.39 is 5.41 Å². The molecule has 3 heterocycles. The summed E-state index contributed by atoms with van der Waals surface area (Å²) in [5.74, 6) is -0.464. The van der Waals surface area contributed by atoms with Crippen molar-refractivity contribution in [3.8, 4) is 0 Å². The van der Waals surface area contributed by atoms with E-state index in [0.29, 0.717) is 5.56 Å². The molecule has 1 saturated carbocycles. The van der Waals surface area contributed by atoms with Gasteiger partial charge in [0, 0.05) is 34.8 Å². The van der Waals surface area contributed by atoms with Gasteiger partial charge in [0.1, 0.15) is 0 Å². The van der Waals surface area contributed by atoms with Gasteiger partial charge in [-0.1, -0.05) is 18.9 Å². The number of aryl methyl sites for hydroxylation is 2. The zero-order valence-electron chi connectivity index (χ0n) is 16.5. The summed E-state index contributed by atoms with van der Waals surface area (Å²) in [6.45, 7) is 4.63. The lowest BCUT2D eigenvalue weighted by Gasteiger charge is -2.20. The highest BCUT2D eigenvalue weighted by atomic mass is 32.1. The molecule has 0 N–H and O–H groups in total. The first-order chi connectivity index (χ1) is 13.4. The van der Waals surface area contributed by atoms with Crippen molar-refractivity contribution in [2.75, 3.05) is 6.54 Å². The molecular weight excluding hydrogens is 372 g/mol.